The minimum atomic E-state index is 0.632. The van der Waals surface area contributed by atoms with Crippen LogP contribution in [0.4, 0.5) is 0 Å². The fourth-order valence-corrected chi connectivity index (χ4v) is 3.63. The minimum Gasteiger partial charge on any atom is -0.330 e. The summed E-state index contributed by atoms with van der Waals surface area (Å²) in [5.41, 5.74) is 6.94. The van der Waals surface area contributed by atoms with Gasteiger partial charge in [0.25, 0.3) is 0 Å². The van der Waals surface area contributed by atoms with E-state index in [4.69, 9.17) is 5.73 Å². The Morgan fingerprint density at radius 2 is 2.31 bits per heavy atom. The smallest absolute Gasteiger partial charge is 0.0951 e. The van der Waals surface area contributed by atoms with E-state index >= 15 is 0 Å². The van der Waals surface area contributed by atoms with Gasteiger partial charge in [-0.05, 0) is 25.6 Å². The molecule has 3 nitrogen and oxygen atoms in total. The number of rotatable bonds is 4. The zero-order chi connectivity index (χ0) is 11.4. The molecule has 2 N–H and O–H groups in total. The van der Waals surface area contributed by atoms with Crippen LogP contribution in [0.15, 0.2) is 12.5 Å². The van der Waals surface area contributed by atoms with Crippen LogP contribution >= 0.6 is 11.8 Å². The highest BCUT2D eigenvalue weighted by Crippen LogP contribution is 2.36. The van der Waals surface area contributed by atoms with Crippen molar-refractivity contribution in [2.75, 3.05) is 12.8 Å². The molecule has 1 aromatic heterocycles. The molecule has 2 unspecified atom stereocenters. The molecule has 2 rings (SSSR count). The number of hydrogen-bond donors (Lipinski definition) is 1. The number of imidazole rings is 1. The molecule has 1 saturated carbocycles. The molecule has 4 heteroatoms. The first-order valence-electron chi connectivity index (χ1n) is 6.10. The third-order valence-electron chi connectivity index (χ3n) is 3.47. The lowest BCUT2D eigenvalue weighted by Crippen LogP contribution is -2.26. The Labute approximate surface area is 102 Å². The largest absolute Gasteiger partial charge is 0.330 e. The molecule has 0 radical (unpaired) electrons. The molecule has 0 bridgehead atoms. The van der Waals surface area contributed by atoms with Crippen molar-refractivity contribution in [3.8, 4) is 0 Å². The summed E-state index contributed by atoms with van der Waals surface area (Å²) in [6.07, 6.45) is 12.5. The predicted octanol–water partition coefficient (Wildman–Crippen LogP) is 2.23. The van der Waals surface area contributed by atoms with Gasteiger partial charge < -0.3 is 10.3 Å². The number of hydrogen-bond acceptors (Lipinski definition) is 3. The van der Waals surface area contributed by atoms with Gasteiger partial charge in [0, 0.05) is 29.6 Å². The molecule has 1 heterocycles. The first kappa shape index (κ1) is 12.0. The van der Waals surface area contributed by atoms with Crippen molar-refractivity contribution < 1.29 is 0 Å². The van der Waals surface area contributed by atoms with Crippen molar-refractivity contribution in [1.29, 1.82) is 0 Å². The number of aromatic nitrogens is 2. The third kappa shape index (κ3) is 2.43. The number of nitrogens with zero attached hydrogens (tertiary/aromatic N) is 2. The van der Waals surface area contributed by atoms with Crippen molar-refractivity contribution in [1.82, 2.24) is 9.55 Å². The van der Waals surface area contributed by atoms with E-state index in [1.807, 2.05) is 24.3 Å². The van der Waals surface area contributed by atoms with Gasteiger partial charge >= 0.3 is 0 Å². The van der Waals surface area contributed by atoms with Crippen LogP contribution in [0.2, 0.25) is 0 Å². The summed E-state index contributed by atoms with van der Waals surface area (Å²) in [7, 11) is 0. The van der Waals surface area contributed by atoms with Crippen molar-refractivity contribution >= 4 is 11.8 Å². The molecule has 1 fully saturated rings. The van der Waals surface area contributed by atoms with E-state index in [1.54, 1.807) is 0 Å². The molecule has 2 atom stereocenters. The van der Waals surface area contributed by atoms with Gasteiger partial charge in [0.05, 0.1) is 6.33 Å². The highest BCUT2D eigenvalue weighted by atomic mass is 32.2. The predicted molar refractivity (Wildman–Crippen MR) is 69.8 cm³/mol. The van der Waals surface area contributed by atoms with Crippen LogP contribution < -0.4 is 5.73 Å². The second-order valence-corrected chi connectivity index (χ2v) is 5.53. The molecule has 16 heavy (non-hydrogen) atoms. The fourth-order valence-electron chi connectivity index (χ4n) is 2.64. The van der Waals surface area contributed by atoms with Gasteiger partial charge in [-0.2, -0.15) is 11.8 Å². The molecule has 0 amide bonds. The molecule has 1 aliphatic rings. The summed E-state index contributed by atoms with van der Waals surface area (Å²) < 4.78 is 2.37. The summed E-state index contributed by atoms with van der Waals surface area (Å²) in [5, 5.41) is 0.750. The van der Waals surface area contributed by atoms with E-state index in [2.05, 4.69) is 15.8 Å². The summed E-state index contributed by atoms with van der Waals surface area (Å²) in [5.74, 6) is 0. The van der Waals surface area contributed by atoms with Crippen LogP contribution in [0.25, 0.3) is 0 Å². The molecular formula is C12H21N3S. The van der Waals surface area contributed by atoms with E-state index in [1.165, 1.54) is 31.4 Å². The van der Waals surface area contributed by atoms with E-state index in [-0.39, 0.29) is 0 Å². The van der Waals surface area contributed by atoms with Gasteiger partial charge in [-0.25, -0.2) is 4.98 Å². The molecule has 0 aliphatic heterocycles. The molecular weight excluding hydrogens is 218 g/mol. The van der Waals surface area contributed by atoms with Crippen LogP contribution in [0.5, 0.6) is 0 Å². The Bertz CT molecular complexity index is 324. The van der Waals surface area contributed by atoms with Crippen LogP contribution in [0.3, 0.4) is 0 Å². The summed E-state index contributed by atoms with van der Waals surface area (Å²) in [6.45, 7) is 0.711. The molecule has 0 saturated heterocycles. The Morgan fingerprint density at radius 1 is 1.50 bits per heavy atom. The third-order valence-corrected chi connectivity index (χ3v) is 4.63. The van der Waals surface area contributed by atoms with Gasteiger partial charge in [-0.3, -0.25) is 0 Å². The Hall–Kier alpha value is -0.480. The van der Waals surface area contributed by atoms with Crippen LogP contribution in [0.1, 0.15) is 37.4 Å². The van der Waals surface area contributed by atoms with Crippen molar-refractivity contribution in [3.63, 3.8) is 0 Å². The number of thioether (sulfide) groups is 1. The maximum absolute atomic E-state index is 5.64. The van der Waals surface area contributed by atoms with Gasteiger partial charge in [0.2, 0.25) is 0 Å². The number of nitrogens with two attached hydrogens (primary N) is 1. The zero-order valence-electron chi connectivity index (χ0n) is 9.93. The van der Waals surface area contributed by atoms with Crippen molar-refractivity contribution in [2.45, 2.75) is 43.4 Å². The quantitative estimate of drug-likeness (QED) is 0.876. The van der Waals surface area contributed by atoms with E-state index < -0.39 is 0 Å². The van der Waals surface area contributed by atoms with Gasteiger partial charge in [0.1, 0.15) is 0 Å². The summed E-state index contributed by atoms with van der Waals surface area (Å²) in [6, 6.07) is 0.632. The topological polar surface area (TPSA) is 43.8 Å². The molecule has 1 aromatic rings. The normalized spacial score (nSPS) is 25.9. The average molecular weight is 239 g/mol. The maximum Gasteiger partial charge on any atom is 0.0951 e. The SMILES string of the molecule is CSC1CCCCC1n1cncc1CCN. The monoisotopic (exact) mass is 239 g/mol. The van der Waals surface area contributed by atoms with Gasteiger partial charge in [-0.1, -0.05) is 12.8 Å². The average Bonchev–Trinajstić information content (AvgIpc) is 2.77. The Kier molecular flexibility index (Phi) is 4.29. The first-order valence-corrected chi connectivity index (χ1v) is 7.39. The van der Waals surface area contributed by atoms with Crippen molar-refractivity contribution in [3.05, 3.63) is 18.2 Å². The molecule has 0 spiro atoms. The summed E-state index contributed by atoms with van der Waals surface area (Å²) in [4.78, 5) is 4.28. The lowest BCUT2D eigenvalue weighted by Gasteiger charge is -2.32. The van der Waals surface area contributed by atoms with E-state index in [0.717, 1.165) is 11.7 Å². The maximum atomic E-state index is 5.64. The van der Waals surface area contributed by atoms with Gasteiger partial charge in [-0.15, -0.1) is 0 Å². The van der Waals surface area contributed by atoms with Gasteiger partial charge in [0.15, 0.2) is 0 Å². The van der Waals surface area contributed by atoms with Crippen LogP contribution in [-0.4, -0.2) is 27.6 Å². The van der Waals surface area contributed by atoms with E-state index in [0.29, 0.717) is 12.6 Å². The zero-order valence-corrected chi connectivity index (χ0v) is 10.7. The lowest BCUT2D eigenvalue weighted by atomic mass is 9.94. The highest BCUT2D eigenvalue weighted by molar-refractivity contribution is 7.99. The fraction of sp³-hybridized carbons (Fsp3) is 0.750. The minimum absolute atomic E-state index is 0.632. The lowest BCUT2D eigenvalue weighted by molar-refractivity contribution is 0.358. The van der Waals surface area contributed by atoms with Crippen LogP contribution in [0, 0.1) is 0 Å². The Morgan fingerprint density at radius 3 is 3.06 bits per heavy atom. The highest BCUT2D eigenvalue weighted by Gasteiger charge is 2.26. The van der Waals surface area contributed by atoms with Crippen LogP contribution in [-0.2, 0) is 6.42 Å². The second-order valence-electron chi connectivity index (χ2n) is 4.46. The van der Waals surface area contributed by atoms with Crippen molar-refractivity contribution in [2.24, 2.45) is 5.73 Å². The van der Waals surface area contributed by atoms with E-state index in [9.17, 15) is 0 Å². The first-order chi connectivity index (χ1) is 7.86. The second kappa shape index (κ2) is 5.73. The molecule has 0 aromatic carbocycles. The summed E-state index contributed by atoms with van der Waals surface area (Å²) >= 11 is 2.00. The molecule has 1 aliphatic carbocycles. The Balaban J connectivity index is 2.16. The standard InChI is InChI=1S/C12H21N3S/c1-16-12-5-3-2-4-11(12)15-9-14-8-10(15)6-7-13/h8-9,11-12H,2-7,13H2,1H3. The molecule has 90 valence electrons.